The van der Waals surface area contributed by atoms with Gasteiger partial charge < -0.3 is 9.73 Å². The highest BCUT2D eigenvalue weighted by atomic mass is 35.5. The molecule has 0 aliphatic rings. The molecule has 112 valence electrons. The van der Waals surface area contributed by atoms with Crippen molar-refractivity contribution >= 4 is 17.5 Å². The number of oxazole rings is 1. The number of hydrogen-bond donors (Lipinski definition) is 1. The fourth-order valence-corrected chi connectivity index (χ4v) is 2.14. The lowest BCUT2D eigenvalue weighted by molar-refractivity contribution is -0.122. The summed E-state index contributed by atoms with van der Waals surface area (Å²) in [5.41, 5.74) is 0.577. The Morgan fingerprint density at radius 3 is 2.71 bits per heavy atom. The van der Waals surface area contributed by atoms with Crippen LogP contribution >= 0.6 is 11.6 Å². The maximum absolute atomic E-state index is 11.8. The van der Waals surface area contributed by atoms with Crippen LogP contribution < -0.4 is 5.32 Å². The Morgan fingerprint density at radius 2 is 2.05 bits per heavy atom. The summed E-state index contributed by atoms with van der Waals surface area (Å²) in [6, 6.07) is 7.43. The topological polar surface area (TPSA) is 55.1 Å². The highest BCUT2D eigenvalue weighted by molar-refractivity contribution is 6.33. The monoisotopic (exact) mass is 306 g/mol. The molecule has 1 N–H and O–H groups in total. The minimum absolute atomic E-state index is 0.0139. The molecule has 5 heteroatoms. The van der Waals surface area contributed by atoms with Crippen molar-refractivity contribution in [3.63, 3.8) is 0 Å². The number of carbonyl (C=O) groups excluding carboxylic acids is 1. The minimum atomic E-state index is -0.226. The number of rotatable bonds is 4. The molecule has 0 spiro atoms. The standard InChI is InChI=1S/C16H19ClN2O2/c1-16(2,3)19-14(20)8-9-15-18-10-13(21-15)11-6-4-5-7-12(11)17/h4-7,10H,8-9H2,1-3H3,(H,19,20). The second-order valence-corrected chi connectivity index (χ2v) is 6.30. The van der Waals surface area contributed by atoms with Crippen molar-refractivity contribution in [2.24, 2.45) is 0 Å². The Bertz CT molecular complexity index is 629. The van der Waals surface area contributed by atoms with Crippen molar-refractivity contribution in [1.82, 2.24) is 10.3 Å². The number of aromatic nitrogens is 1. The Labute approximate surface area is 129 Å². The van der Waals surface area contributed by atoms with Crippen molar-refractivity contribution < 1.29 is 9.21 Å². The highest BCUT2D eigenvalue weighted by Crippen LogP contribution is 2.28. The molecule has 0 saturated heterocycles. The van der Waals surface area contributed by atoms with Crippen LogP contribution in [0.3, 0.4) is 0 Å². The van der Waals surface area contributed by atoms with Gasteiger partial charge in [0.1, 0.15) is 0 Å². The number of hydrogen-bond acceptors (Lipinski definition) is 3. The van der Waals surface area contributed by atoms with Crippen LogP contribution in [0.5, 0.6) is 0 Å². The molecule has 4 nitrogen and oxygen atoms in total. The Morgan fingerprint density at radius 1 is 1.33 bits per heavy atom. The minimum Gasteiger partial charge on any atom is -0.441 e. The van der Waals surface area contributed by atoms with E-state index in [0.717, 1.165) is 5.56 Å². The molecule has 0 atom stereocenters. The van der Waals surface area contributed by atoms with E-state index in [-0.39, 0.29) is 11.4 Å². The van der Waals surface area contributed by atoms with Gasteiger partial charge in [0, 0.05) is 23.9 Å². The molecule has 0 radical (unpaired) electrons. The fraction of sp³-hybridized carbons (Fsp3) is 0.375. The molecular weight excluding hydrogens is 288 g/mol. The van der Waals surface area contributed by atoms with E-state index < -0.39 is 0 Å². The predicted octanol–water partition coefficient (Wildman–Crippen LogP) is 3.84. The summed E-state index contributed by atoms with van der Waals surface area (Å²) in [4.78, 5) is 16.0. The van der Waals surface area contributed by atoms with Gasteiger partial charge in [-0.05, 0) is 32.9 Å². The van der Waals surface area contributed by atoms with Crippen molar-refractivity contribution in [3.8, 4) is 11.3 Å². The van der Waals surface area contributed by atoms with Crippen molar-refractivity contribution in [3.05, 3.63) is 41.4 Å². The maximum Gasteiger partial charge on any atom is 0.220 e. The molecule has 1 amide bonds. The number of benzene rings is 1. The van der Waals surface area contributed by atoms with Crippen molar-refractivity contribution in [1.29, 1.82) is 0 Å². The molecular formula is C16H19ClN2O2. The van der Waals surface area contributed by atoms with Gasteiger partial charge in [-0.2, -0.15) is 0 Å². The Kier molecular flexibility index (Phi) is 4.68. The first-order valence-corrected chi connectivity index (χ1v) is 7.23. The zero-order chi connectivity index (χ0) is 15.5. The zero-order valence-corrected chi connectivity index (χ0v) is 13.2. The van der Waals surface area contributed by atoms with Crippen LogP contribution in [-0.2, 0) is 11.2 Å². The second kappa shape index (κ2) is 6.31. The number of amides is 1. The Balaban J connectivity index is 1.98. The average Bonchev–Trinajstić information content (AvgIpc) is 2.83. The van der Waals surface area contributed by atoms with Crippen LogP contribution in [0.1, 0.15) is 33.1 Å². The summed E-state index contributed by atoms with van der Waals surface area (Å²) in [5, 5.41) is 3.52. The maximum atomic E-state index is 11.8. The summed E-state index contributed by atoms with van der Waals surface area (Å²) in [7, 11) is 0. The van der Waals surface area contributed by atoms with Gasteiger partial charge in [-0.1, -0.05) is 23.7 Å². The van der Waals surface area contributed by atoms with E-state index >= 15 is 0 Å². The lowest BCUT2D eigenvalue weighted by Gasteiger charge is -2.20. The first-order valence-electron chi connectivity index (χ1n) is 6.86. The van der Waals surface area contributed by atoms with Crippen LogP contribution in [0.2, 0.25) is 5.02 Å². The van der Waals surface area contributed by atoms with Crippen LogP contribution in [0.4, 0.5) is 0 Å². The van der Waals surface area contributed by atoms with Crippen LogP contribution in [0.15, 0.2) is 34.9 Å². The van der Waals surface area contributed by atoms with Gasteiger partial charge in [-0.25, -0.2) is 4.98 Å². The van der Waals surface area contributed by atoms with Crippen molar-refractivity contribution in [2.45, 2.75) is 39.2 Å². The van der Waals surface area contributed by atoms with E-state index in [2.05, 4.69) is 10.3 Å². The molecule has 1 heterocycles. The zero-order valence-electron chi connectivity index (χ0n) is 12.4. The molecule has 0 bridgehead atoms. The van der Waals surface area contributed by atoms with Gasteiger partial charge in [0.05, 0.1) is 11.2 Å². The molecule has 1 aromatic heterocycles. The van der Waals surface area contributed by atoms with E-state index in [0.29, 0.717) is 29.5 Å². The third-order valence-corrected chi connectivity index (χ3v) is 3.10. The summed E-state index contributed by atoms with van der Waals surface area (Å²) < 4.78 is 5.66. The van der Waals surface area contributed by atoms with Gasteiger partial charge in [0.25, 0.3) is 0 Å². The van der Waals surface area contributed by atoms with Gasteiger partial charge in [0.15, 0.2) is 11.7 Å². The van der Waals surface area contributed by atoms with Gasteiger partial charge in [-0.15, -0.1) is 0 Å². The fourth-order valence-electron chi connectivity index (χ4n) is 1.91. The van der Waals surface area contributed by atoms with E-state index in [4.69, 9.17) is 16.0 Å². The molecule has 2 rings (SSSR count). The van der Waals surface area contributed by atoms with E-state index in [1.165, 1.54) is 0 Å². The molecule has 0 unspecified atom stereocenters. The summed E-state index contributed by atoms with van der Waals surface area (Å²) in [6.45, 7) is 5.85. The smallest absolute Gasteiger partial charge is 0.220 e. The third kappa shape index (κ3) is 4.60. The lowest BCUT2D eigenvalue weighted by Crippen LogP contribution is -2.40. The molecule has 2 aromatic rings. The SMILES string of the molecule is CC(C)(C)NC(=O)CCc1ncc(-c2ccccc2Cl)o1. The molecule has 0 saturated carbocycles. The van der Waals surface area contributed by atoms with Crippen molar-refractivity contribution in [2.75, 3.05) is 0 Å². The van der Waals surface area contributed by atoms with Crippen LogP contribution in [-0.4, -0.2) is 16.4 Å². The summed E-state index contributed by atoms with van der Waals surface area (Å²) in [6.07, 6.45) is 2.45. The number of halogens is 1. The molecule has 0 fully saturated rings. The van der Waals surface area contributed by atoms with Gasteiger partial charge >= 0.3 is 0 Å². The van der Waals surface area contributed by atoms with Gasteiger partial charge in [0.2, 0.25) is 5.91 Å². The number of aryl methyl sites for hydroxylation is 1. The molecule has 0 aliphatic carbocycles. The van der Waals surface area contributed by atoms with Crippen LogP contribution in [0, 0.1) is 0 Å². The predicted molar refractivity (Wildman–Crippen MR) is 83.2 cm³/mol. The quantitative estimate of drug-likeness (QED) is 0.933. The first kappa shape index (κ1) is 15.6. The number of nitrogens with one attached hydrogen (secondary N) is 1. The molecule has 21 heavy (non-hydrogen) atoms. The summed E-state index contributed by atoms with van der Waals surface area (Å²) >= 11 is 6.12. The summed E-state index contributed by atoms with van der Waals surface area (Å²) in [5.74, 6) is 1.14. The Hall–Kier alpha value is -1.81. The lowest BCUT2D eigenvalue weighted by atomic mass is 10.1. The normalized spacial score (nSPS) is 11.4. The molecule has 1 aromatic carbocycles. The second-order valence-electron chi connectivity index (χ2n) is 5.90. The van der Waals surface area contributed by atoms with E-state index in [1.54, 1.807) is 12.3 Å². The van der Waals surface area contributed by atoms with E-state index in [1.807, 2.05) is 39.0 Å². The highest BCUT2D eigenvalue weighted by Gasteiger charge is 2.15. The molecule has 0 aliphatic heterocycles. The average molecular weight is 307 g/mol. The first-order chi connectivity index (χ1) is 9.85. The van der Waals surface area contributed by atoms with Crippen LogP contribution in [0.25, 0.3) is 11.3 Å². The number of carbonyl (C=O) groups is 1. The van der Waals surface area contributed by atoms with E-state index in [9.17, 15) is 4.79 Å². The largest absolute Gasteiger partial charge is 0.441 e. The number of nitrogens with zero attached hydrogens (tertiary/aromatic N) is 1. The van der Waals surface area contributed by atoms with Gasteiger partial charge in [-0.3, -0.25) is 4.79 Å². The third-order valence-electron chi connectivity index (χ3n) is 2.77.